The van der Waals surface area contributed by atoms with E-state index < -0.39 is 5.54 Å². The molecule has 0 aliphatic carbocycles. The van der Waals surface area contributed by atoms with Gasteiger partial charge in [-0.1, -0.05) is 37.3 Å². The Bertz CT molecular complexity index is 819. The molecular weight excluding hydrogens is 383 g/mol. The van der Waals surface area contributed by atoms with Gasteiger partial charge in [-0.25, -0.2) is 4.39 Å². The molecule has 0 bridgehead atoms. The van der Waals surface area contributed by atoms with Crippen molar-refractivity contribution in [3.05, 3.63) is 65.5 Å². The molecule has 1 aliphatic rings. The molecule has 1 fully saturated rings. The quantitative estimate of drug-likeness (QED) is 0.649. The average molecular weight is 415 g/mol. The number of carbonyl (C=O) groups is 1. The van der Waals surface area contributed by atoms with Crippen LogP contribution in [0.2, 0.25) is 0 Å². The SMILES string of the molecule is CCOc1ccccc1C(CC)NC(=O)CNC1(c2ccc(F)cc2)CCOCC1. The Morgan fingerprint density at radius 1 is 1.13 bits per heavy atom. The average Bonchev–Trinajstić information content (AvgIpc) is 2.78. The van der Waals surface area contributed by atoms with Gasteiger partial charge < -0.3 is 14.8 Å². The number of halogens is 1. The van der Waals surface area contributed by atoms with Crippen molar-refractivity contribution in [2.75, 3.05) is 26.4 Å². The first-order valence-electron chi connectivity index (χ1n) is 10.7. The van der Waals surface area contributed by atoms with E-state index in [9.17, 15) is 9.18 Å². The van der Waals surface area contributed by atoms with Crippen molar-refractivity contribution in [3.8, 4) is 5.75 Å². The van der Waals surface area contributed by atoms with E-state index in [-0.39, 0.29) is 24.3 Å². The third-order valence-electron chi connectivity index (χ3n) is 5.67. The van der Waals surface area contributed by atoms with Crippen molar-refractivity contribution in [2.45, 2.75) is 44.7 Å². The molecule has 1 atom stereocenters. The molecule has 162 valence electrons. The summed E-state index contributed by atoms with van der Waals surface area (Å²) in [7, 11) is 0. The second-order valence-corrected chi connectivity index (χ2v) is 7.55. The van der Waals surface area contributed by atoms with Crippen molar-refractivity contribution >= 4 is 5.91 Å². The molecule has 0 aromatic heterocycles. The fraction of sp³-hybridized carbons (Fsp3) is 0.458. The monoisotopic (exact) mass is 414 g/mol. The van der Waals surface area contributed by atoms with Gasteiger partial charge >= 0.3 is 0 Å². The normalized spacial score (nSPS) is 16.6. The van der Waals surface area contributed by atoms with Gasteiger partial charge in [-0.3, -0.25) is 10.1 Å². The first-order valence-corrected chi connectivity index (χ1v) is 10.7. The standard InChI is InChI=1S/C24H31FN2O3/c1-3-21(20-7-5-6-8-22(20)30-4-2)27-23(28)17-26-24(13-15-29-16-14-24)18-9-11-19(25)12-10-18/h5-12,21,26H,3-4,13-17H2,1-2H3,(H,27,28). The summed E-state index contributed by atoms with van der Waals surface area (Å²) in [6.45, 7) is 5.94. The lowest BCUT2D eigenvalue weighted by Crippen LogP contribution is -2.50. The van der Waals surface area contributed by atoms with E-state index in [0.717, 1.165) is 36.1 Å². The van der Waals surface area contributed by atoms with E-state index in [1.165, 1.54) is 12.1 Å². The second-order valence-electron chi connectivity index (χ2n) is 7.55. The minimum absolute atomic E-state index is 0.0823. The Morgan fingerprint density at radius 3 is 2.50 bits per heavy atom. The van der Waals surface area contributed by atoms with E-state index in [2.05, 4.69) is 10.6 Å². The minimum atomic E-state index is -0.395. The molecular formula is C24H31FN2O3. The molecule has 6 heteroatoms. The number of para-hydroxylation sites is 1. The Balaban J connectivity index is 1.69. The highest BCUT2D eigenvalue weighted by atomic mass is 19.1. The molecule has 2 N–H and O–H groups in total. The zero-order chi connectivity index (χ0) is 21.4. The van der Waals surface area contributed by atoms with Gasteiger partial charge in [0.1, 0.15) is 11.6 Å². The van der Waals surface area contributed by atoms with Gasteiger partial charge in [-0.15, -0.1) is 0 Å². The summed E-state index contributed by atoms with van der Waals surface area (Å²) in [6, 6.07) is 14.2. The van der Waals surface area contributed by atoms with Gasteiger partial charge in [0.15, 0.2) is 0 Å². The van der Waals surface area contributed by atoms with Crippen LogP contribution in [0.5, 0.6) is 5.75 Å². The maximum Gasteiger partial charge on any atom is 0.234 e. The fourth-order valence-electron chi connectivity index (χ4n) is 4.01. The summed E-state index contributed by atoms with van der Waals surface area (Å²) in [5.74, 6) is 0.450. The molecule has 30 heavy (non-hydrogen) atoms. The number of hydrogen-bond donors (Lipinski definition) is 2. The van der Waals surface area contributed by atoms with Crippen molar-refractivity contribution in [1.82, 2.24) is 10.6 Å². The molecule has 2 aromatic rings. The molecule has 0 radical (unpaired) electrons. The lowest BCUT2D eigenvalue weighted by molar-refractivity contribution is -0.121. The van der Waals surface area contributed by atoms with Crippen LogP contribution in [0.25, 0.3) is 0 Å². The van der Waals surface area contributed by atoms with Crippen LogP contribution in [0.3, 0.4) is 0 Å². The first-order chi connectivity index (χ1) is 14.6. The number of rotatable bonds is 9. The molecule has 1 saturated heterocycles. The van der Waals surface area contributed by atoms with Gasteiger partial charge in [-0.05, 0) is 49.9 Å². The van der Waals surface area contributed by atoms with Crippen LogP contribution in [-0.4, -0.2) is 32.3 Å². The van der Waals surface area contributed by atoms with E-state index >= 15 is 0 Å². The largest absolute Gasteiger partial charge is 0.494 e. The predicted molar refractivity (Wildman–Crippen MR) is 115 cm³/mol. The van der Waals surface area contributed by atoms with Crippen LogP contribution in [0, 0.1) is 5.82 Å². The van der Waals surface area contributed by atoms with E-state index in [4.69, 9.17) is 9.47 Å². The van der Waals surface area contributed by atoms with E-state index in [1.54, 1.807) is 12.1 Å². The second kappa shape index (κ2) is 10.5. The van der Waals surface area contributed by atoms with Crippen molar-refractivity contribution < 1.29 is 18.7 Å². The van der Waals surface area contributed by atoms with E-state index in [1.807, 2.05) is 38.1 Å². The Morgan fingerprint density at radius 2 is 1.83 bits per heavy atom. The lowest BCUT2D eigenvalue weighted by Gasteiger charge is -2.38. The van der Waals surface area contributed by atoms with Gasteiger partial charge in [-0.2, -0.15) is 0 Å². The van der Waals surface area contributed by atoms with Gasteiger partial charge in [0.25, 0.3) is 0 Å². The molecule has 5 nitrogen and oxygen atoms in total. The van der Waals surface area contributed by atoms with Gasteiger partial charge in [0.2, 0.25) is 5.91 Å². The molecule has 1 amide bonds. The maximum absolute atomic E-state index is 13.4. The highest BCUT2D eigenvalue weighted by Gasteiger charge is 2.34. The van der Waals surface area contributed by atoms with E-state index in [0.29, 0.717) is 19.8 Å². The Hall–Kier alpha value is -2.44. The number of ether oxygens (including phenoxy) is 2. The summed E-state index contributed by atoms with van der Waals surface area (Å²) >= 11 is 0. The molecule has 2 aromatic carbocycles. The van der Waals surface area contributed by atoms with Gasteiger partial charge in [0, 0.05) is 24.3 Å². The maximum atomic E-state index is 13.4. The van der Waals surface area contributed by atoms with Crippen LogP contribution >= 0.6 is 0 Å². The van der Waals surface area contributed by atoms with Crippen LogP contribution in [0.1, 0.15) is 50.3 Å². The summed E-state index contributed by atoms with van der Waals surface area (Å²) in [5.41, 5.74) is 1.57. The smallest absolute Gasteiger partial charge is 0.234 e. The third kappa shape index (κ3) is 5.37. The summed E-state index contributed by atoms with van der Waals surface area (Å²) < 4.78 is 24.7. The molecule has 0 saturated carbocycles. The van der Waals surface area contributed by atoms with Crippen molar-refractivity contribution in [1.29, 1.82) is 0 Å². The number of carbonyl (C=O) groups excluding carboxylic acids is 1. The summed E-state index contributed by atoms with van der Waals surface area (Å²) in [4.78, 5) is 12.8. The number of nitrogens with one attached hydrogen (secondary N) is 2. The van der Waals surface area contributed by atoms with Crippen molar-refractivity contribution in [2.24, 2.45) is 0 Å². The van der Waals surface area contributed by atoms with Crippen LogP contribution in [0.15, 0.2) is 48.5 Å². The predicted octanol–water partition coefficient (Wildman–Crippen LogP) is 4.09. The zero-order valence-corrected chi connectivity index (χ0v) is 17.7. The van der Waals surface area contributed by atoms with Crippen molar-refractivity contribution in [3.63, 3.8) is 0 Å². The topological polar surface area (TPSA) is 59.6 Å². The minimum Gasteiger partial charge on any atom is -0.494 e. The Labute approximate surface area is 178 Å². The highest BCUT2D eigenvalue weighted by Crippen LogP contribution is 2.32. The first kappa shape index (κ1) is 22.2. The molecule has 1 aliphatic heterocycles. The molecule has 3 rings (SSSR count). The fourth-order valence-corrected chi connectivity index (χ4v) is 4.01. The lowest BCUT2D eigenvalue weighted by atomic mass is 9.82. The third-order valence-corrected chi connectivity index (χ3v) is 5.67. The Kier molecular flexibility index (Phi) is 7.82. The molecule has 1 heterocycles. The number of hydrogen-bond acceptors (Lipinski definition) is 4. The highest BCUT2D eigenvalue weighted by molar-refractivity contribution is 5.78. The number of benzene rings is 2. The summed E-state index contributed by atoms with van der Waals surface area (Å²) in [5, 5.41) is 6.57. The van der Waals surface area contributed by atoms with Crippen LogP contribution in [0.4, 0.5) is 4.39 Å². The van der Waals surface area contributed by atoms with Crippen LogP contribution < -0.4 is 15.4 Å². The van der Waals surface area contributed by atoms with Crippen LogP contribution in [-0.2, 0) is 15.1 Å². The molecule has 0 spiro atoms. The summed E-state index contributed by atoms with van der Waals surface area (Å²) in [6.07, 6.45) is 2.22. The zero-order valence-electron chi connectivity index (χ0n) is 17.7. The molecule has 1 unspecified atom stereocenters. The van der Waals surface area contributed by atoms with Gasteiger partial charge in [0.05, 0.1) is 19.2 Å². The number of amides is 1.